The van der Waals surface area contributed by atoms with Crippen LogP contribution >= 0.6 is 0 Å². The fourth-order valence-electron chi connectivity index (χ4n) is 5.48. The number of carbonyl (C=O) groups is 1. The molecule has 0 bridgehead atoms. The standard InChI is InChI=1S/C32H64O2/c1-25(2)14-11-17-28(6)18-12-20-30(8)31(24-32(33)34)21-13-19-27(5)15-9-10-16-29(7)23-22-26(3)4/h25-31H,9-24H2,1-8H3,(H,33,34). The van der Waals surface area contributed by atoms with Crippen LogP contribution in [0.15, 0.2) is 0 Å². The molecule has 0 aromatic carbocycles. The molecule has 0 aliphatic heterocycles. The number of aliphatic carboxylic acids is 1. The van der Waals surface area contributed by atoms with Gasteiger partial charge in [0.1, 0.15) is 0 Å². The van der Waals surface area contributed by atoms with E-state index in [1.807, 2.05) is 0 Å². The highest BCUT2D eigenvalue weighted by Crippen LogP contribution is 2.29. The van der Waals surface area contributed by atoms with Gasteiger partial charge in [-0.3, -0.25) is 4.79 Å². The van der Waals surface area contributed by atoms with E-state index in [1.165, 1.54) is 89.9 Å². The number of unbranched alkanes of at least 4 members (excludes halogenated alkanes) is 1. The van der Waals surface area contributed by atoms with E-state index >= 15 is 0 Å². The lowest BCUT2D eigenvalue weighted by atomic mass is 9.81. The molecule has 0 fully saturated rings. The number of hydrogen-bond acceptors (Lipinski definition) is 1. The van der Waals surface area contributed by atoms with Crippen LogP contribution in [-0.2, 0) is 4.79 Å². The summed E-state index contributed by atoms with van der Waals surface area (Å²) in [7, 11) is 0. The first-order chi connectivity index (χ1) is 16.0. The minimum absolute atomic E-state index is 0.350. The molecule has 0 aliphatic carbocycles. The van der Waals surface area contributed by atoms with Crippen molar-refractivity contribution in [1.82, 2.24) is 0 Å². The van der Waals surface area contributed by atoms with E-state index in [1.54, 1.807) is 0 Å². The molecule has 34 heavy (non-hydrogen) atoms. The lowest BCUT2D eigenvalue weighted by Gasteiger charge is -2.24. The number of carboxylic acid groups (broad SMARTS) is 1. The van der Waals surface area contributed by atoms with E-state index in [-0.39, 0.29) is 0 Å². The maximum absolute atomic E-state index is 11.5. The van der Waals surface area contributed by atoms with Crippen LogP contribution < -0.4 is 0 Å². The Hall–Kier alpha value is -0.530. The molecule has 0 spiro atoms. The Bertz CT molecular complexity index is 470. The highest BCUT2D eigenvalue weighted by atomic mass is 16.4. The van der Waals surface area contributed by atoms with Crippen LogP contribution in [0.1, 0.15) is 158 Å². The van der Waals surface area contributed by atoms with Gasteiger partial charge in [0, 0.05) is 6.42 Å². The van der Waals surface area contributed by atoms with Gasteiger partial charge in [0.25, 0.3) is 0 Å². The summed E-state index contributed by atoms with van der Waals surface area (Å²) in [6, 6.07) is 0. The molecular weight excluding hydrogens is 416 g/mol. The SMILES string of the molecule is CC(C)CCCC(C)CCCC(C)C(CCCC(C)CCCCC(C)CCC(C)C)CC(=O)O. The van der Waals surface area contributed by atoms with E-state index in [2.05, 4.69) is 55.4 Å². The second-order valence-corrected chi connectivity index (χ2v) is 13.1. The summed E-state index contributed by atoms with van der Waals surface area (Å²) >= 11 is 0. The Morgan fingerprint density at radius 2 is 0.912 bits per heavy atom. The predicted molar refractivity (Wildman–Crippen MR) is 151 cm³/mol. The van der Waals surface area contributed by atoms with Crippen LogP contribution in [0.5, 0.6) is 0 Å². The molecule has 0 heterocycles. The summed E-state index contributed by atoms with van der Waals surface area (Å²) in [5.74, 6) is 4.37. The van der Waals surface area contributed by atoms with Gasteiger partial charge in [-0.2, -0.15) is 0 Å². The van der Waals surface area contributed by atoms with Crippen molar-refractivity contribution in [2.24, 2.45) is 41.4 Å². The molecule has 0 saturated carbocycles. The highest BCUT2D eigenvalue weighted by Gasteiger charge is 2.20. The smallest absolute Gasteiger partial charge is 0.303 e. The Morgan fingerprint density at radius 3 is 1.38 bits per heavy atom. The van der Waals surface area contributed by atoms with Gasteiger partial charge < -0.3 is 5.11 Å². The average molecular weight is 481 g/mol. The molecular formula is C32H64O2. The normalized spacial score (nSPS) is 16.5. The molecule has 0 aliphatic rings. The largest absolute Gasteiger partial charge is 0.481 e. The zero-order valence-corrected chi connectivity index (χ0v) is 24.7. The first kappa shape index (κ1) is 33.5. The molecule has 1 N–H and O–H groups in total. The molecule has 0 amide bonds. The number of hydrogen-bond donors (Lipinski definition) is 1. The molecule has 2 heteroatoms. The molecule has 2 nitrogen and oxygen atoms in total. The third-order valence-corrected chi connectivity index (χ3v) is 8.23. The Morgan fingerprint density at radius 1 is 0.500 bits per heavy atom. The third kappa shape index (κ3) is 20.8. The van der Waals surface area contributed by atoms with Crippen molar-refractivity contribution in [3.05, 3.63) is 0 Å². The molecule has 0 rings (SSSR count). The predicted octanol–water partition coefficient (Wildman–Crippen LogP) is 10.8. The summed E-state index contributed by atoms with van der Waals surface area (Å²) in [4.78, 5) is 11.5. The fraction of sp³-hybridized carbons (Fsp3) is 0.969. The molecule has 0 aromatic rings. The molecule has 0 saturated heterocycles. The molecule has 0 radical (unpaired) electrons. The first-order valence-corrected chi connectivity index (χ1v) is 15.2. The van der Waals surface area contributed by atoms with Crippen LogP contribution in [-0.4, -0.2) is 11.1 Å². The van der Waals surface area contributed by atoms with Gasteiger partial charge in [-0.25, -0.2) is 0 Å². The molecule has 5 unspecified atom stereocenters. The monoisotopic (exact) mass is 480 g/mol. The minimum Gasteiger partial charge on any atom is -0.481 e. The Labute approximate surface area is 215 Å². The van der Waals surface area contributed by atoms with Gasteiger partial charge in [-0.15, -0.1) is 0 Å². The zero-order valence-electron chi connectivity index (χ0n) is 24.7. The lowest BCUT2D eigenvalue weighted by molar-refractivity contribution is -0.138. The van der Waals surface area contributed by atoms with Gasteiger partial charge in [0.15, 0.2) is 0 Å². The van der Waals surface area contributed by atoms with Crippen molar-refractivity contribution >= 4 is 5.97 Å². The minimum atomic E-state index is -0.612. The topological polar surface area (TPSA) is 37.3 Å². The summed E-state index contributed by atoms with van der Waals surface area (Å²) in [5.41, 5.74) is 0. The maximum Gasteiger partial charge on any atom is 0.303 e. The highest BCUT2D eigenvalue weighted by molar-refractivity contribution is 5.67. The molecule has 5 atom stereocenters. The quantitative estimate of drug-likeness (QED) is 0.148. The van der Waals surface area contributed by atoms with E-state index < -0.39 is 5.97 Å². The Balaban J connectivity index is 4.11. The average Bonchev–Trinajstić information content (AvgIpc) is 2.74. The summed E-state index contributed by atoms with van der Waals surface area (Å²) in [6.45, 7) is 18.8. The van der Waals surface area contributed by atoms with Crippen molar-refractivity contribution in [3.63, 3.8) is 0 Å². The fourth-order valence-corrected chi connectivity index (χ4v) is 5.48. The lowest BCUT2D eigenvalue weighted by Crippen LogP contribution is -2.17. The van der Waals surface area contributed by atoms with Crippen LogP contribution in [0.4, 0.5) is 0 Å². The molecule has 204 valence electrons. The van der Waals surface area contributed by atoms with Crippen LogP contribution in [0.25, 0.3) is 0 Å². The van der Waals surface area contributed by atoms with Gasteiger partial charge in [0.2, 0.25) is 0 Å². The van der Waals surface area contributed by atoms with Crippen molar-refractivity contribution in [2.75, 3.05) is 0 Å². The van der Waals surface area contributed by atoms with Crippen molar-refractivity contribution in [1.29, 1.82) is 0 Å². The summed E-state index contributed by atoms with van der Waals surface area (Å²) < 4.78 is 0. The van der Waals surface area contributed by atoms with Crippen LogP contribution in [0.3, 0.4) is 0 Å². The van der Waals surface area contributed by atoms with Gasteiger partial charge >= 0.3 is 5.97 Å². The third-order valence-electron chi connectivity index (χ3n) is 8.23. The van der Waals surface area contributed by atoms with Crippen LogP contribution in [0.2, 0.25) is 0 Å². The zero-order chi connectivity index (χ0) is 25.9. The van der Waals surface area contributed by atoms with Crippen molar-refractivity contribution < 1.29 is 9.90 Å². The van der Waals surface area contributed by atoms with E-state index in [0.717, 1.165) is 36.0 Å². The van der Waals surface area contributed by atoms with Gasteiger partial charge in [0.05, 0.1) is 0 Å². The van der Waals surface area contributed by atoms with Gasteiger partial charge in [-0.1, -0.05) is 145 Å². The second kappa shape index (κ2) is 20.6. The van der Waals surface area contributed by atoms with Crippen molar-refractivity contribution in [2.45, 2.75) is 158 Å². The summed E-state index contributed by atoms with van der Waals surface area (Å²) in [6.07, 6.45) is 19.9. The van der Waals surface area contributed by atoms with Crippen molar-refractivity contribution in [3.8, 4) is 0 Å². The summed E-state index contributed by atoms with van der Waals surface area (Å²) in [5, 5.41) is 9.45. The number of rotatable bonds is 23. The van der Waals surface area contributed by atoms with E-state index in [9.17, 15) is 9.90 Å². The maximum atomic E-state index is 11.5. The van der Waals surface area contributed by atoms with Crippen LogP contribution in [0, 0.1) is 41.4 Å². The number of carboxylic acids is 1. The Kier molecular flexibility index (Phi) is 20.3. The first-order valence-electron chi connectivity index (χ1n) is 15.2. The van der Waals surface area contributed by atoms with E-state index in [0.29, 0.717) is 18.3 Å². The van der Waals surface area contributed by atoms with Gasteiger partial charge in [-0.05, 0) is 47.8 Å². The second-order valence-electron chi connectivity index (χ2n) is 13.1. The molecule has 0 aromatic heterocycles. The van der Waals surface area contributed by atoms with E-state index in [4.69, 9.17) is 0 Å².